The van der Waals surface area contributed by atoms with E-state index in [0.29, 0.717) is 16.9 Å². The summed E-state index contributed by atoms with van der Waals surface area (Å²) in [5, 5.41) is 0. The van der Waals surface area contributed by atoms with Gasteiger partial charge in [-0.1, -0.05) is 127 Å². The van der Waals surface area contributed by atoms with Crippen molar-refractivity contribution in [2.75, 3.05) is 0 Å². The van der Waals surface area contributed by atoms with Gasteiger partial charge in [0.15, 0.2) is 0 Å². The quantitative estimate of drug-likeness (QED) is 0.206. The smallest absolute Gasteiger partial charge is 0.343 e. The Bertz CT molecular complexity index is 1640. The van der Waals surface area contributed by atoms with Gasteiger partial charge in [-0.2, -0.15) is 0 Å². The number of benzene rings is 5. The van der Waals surface area contributed by atoms with Crippen molar-refractivity contribution in [2.24, 2.45) is 0 Å². The molecule has 0 saturated carbocycles. The molecule has 1 aliphatic heterocycles. The van der Waals surface area contributed by atoms with Crippen molar-refractivity contribution >= 4 is 11.9 Å². The maximum absolute atomic E-state index is 14.5. The van der Waals surface area contributed by atoms with Crippen molar-refractivity contribution in [3.8, 4) is 0 Å². The van der Waals surface area contributed by atoms with Gasteiger partial charge in [-0.05, 0) is 47.0 Å². The average Bonchev–Trinajstić information content (AvgIpc) is 3.06. The number of hydrogen-bond acceptors (Lipinski definition) is 3. The van der Waals surface area contributed by atoms with E-state index in [1.54, 1.807) is 12.1 Å². The minimum atomic E-state index is -0.479. The van der Waals surface area contributed by atoms with Crippen LogP contribution in [0.5, 0.6) is 0 Å². The molecular formula is C37H29NO3. The third-order valence-electron chi connectivity index (χ3n) is 7.46. The SMILES string of the molecule is O=C(OC1=C[C@H](c2ccccc2)N(C(=O)c2ccccc2)[C@H](c2ccccc2)[C@@H]1c1ccccc1)c1ccccc1. The summed E-state index contributed by atoms with van der Waals surface area (Å²) < 4.78 is 6.27. The van der Waals surface area contributed by atoms with Gasteiger partial charge in [-0.15, -0.1) is 0 Å². The van der Waals surface area contributed by atoms with Crippen LogP contribution in [-0.2, 0) is 4.74 Å². The molecule has 1 amide bonds. The highest BCUT2D eigenvalue weighted by molar-refractivity contribution is 5.95. The Morgan fingerprint density at radius 3 is 1.49 bits per heavy atom. The van der Waals surface area contributed by atoms with Crippen molar-refractivity contribution in [3.63, 3.8) is 0 Å². The molecule has 0 radical (unpaired) electrons. The Kier molecular flexibility index (Phi) is 7.55. The highest BCUT2D eigenvalue weighted by Crippen LogP contribution is 2.50. The van der Waals surface area contributed by atoms with Gasteiger partial charge in [0, 0.05) is 5.56 Å². The van der Waals surface area contributed by atoms with E-state index in [1.165, 1.54) is 0 Å². The summed E-state index contributed by atoms with van der Waals surface area (Å²) in [5.41, 5.74) is 3.89. The summed E-state index contributed by atoms with van der Waals surface area (Å²) in [6.45, 7) is 0. The van der Waals surface area contributed by atoms with Gasteiger partial charge in [0.1, 0.15) is 5.76 Å². The van der Waals surface area contributed by atoms with E-state index in [9.17, 15) is 9.59 Å². The lowest BCUT2D eigenvalue weighted by atomic mass is 9.79. The Labute approximate surface area is 240 Å². The Hall–Kier alpha value is -5.22. The third-order valence-corrected chi connectivity index (χ3v) is 7.46. The number of esters is 1. The first-order chi connectivity index (χ1) is 20.2. The normalized spacial score (nSPS) is 18.3. The Morgan fingerprint density at radius 2 is 0.951 bits per heavy atom. The molecule has 0 fully saturated rings. The second-order valence-electron chi connectivity index (χ2n) is 10.0. The van der Waals surface area contributed by atoms with Crippen LogP contribution in [0.25, 0.3) is 0 Å². The molecule has 0 saturated heterocycles. The maximum Gasteiger partial charge on any atom is 0.343 e. The summed E-state index contributed by atoms with van der Waals surface area (Å²) in [6, 6.07) is 47.3. The number of ether oxygens (including phenoxy) is 1. The highest BCUT2D eigenvalue weighted by Gasteiger charge is 2.44. The molecule has 3 atom stereocenters. The first kappa shape index (κ1) is 26.0. The highest BCUT2D eigenvalue weighted by atomic mass is 16.5. The molecule has 0 bridgehead atoms. The van der Waals surface area contributed by atoms with E-state index in [1.807, 2.05) is 151 Å². The van der Waals surface area contributed by atoms with Crippen LogP contribution < -0.4 is 0 Å². The minimum Gasteiger partial charge on any atom is -0.427 e. The van der Waals surface area contributed by atoms with Crippen molar-refractivity contribution in [3.05, 3.63) is 191 Å². The average molecular weight is 536 g/mol. The number of amides is 1. The number of carbonyl (C=O) groups is 2. The molecule has 0 unspecified atom stereocenters. The van der Waals surface area contributed by atoms with Gasteiger partial charge in [-0.25, -0.2) is 4.79 Å². The molecule has 5 aromatic carbocycles. The zero-order valence-corrected chi connectivity index (χ0v) is 22.4. The summed E-state index contributed by atoms with van der Waals surface area (Å²) in [4.78, 5) is 29.9. The molecule has 0 N–H and O–H groups in total. The summed E-state index contributed by atoms with van der Waals surface area (Å²) >= 11 is 0. The van der Waals surface area contributed by atoms with Crippen molar-refractivity contribution in [1.29, 1.82) is 0 Å². The predicted molar refractivity (Wildman–Crippen MR) is 160 cm³/mol. The fourth-order valence-corrected chi connectivity index (χ4v) is 5.57. The lowest BCUT2D eigenvalue weighted by Gasteiger charge is -2.46. The molecule has 5 aromatic rings. The van der Waals surface area contributed by atoms with E-state index in [-0.39, 0.29) is 5.91 Å². The van der Waals surface area contributed by atoms with Gasteiger partial charge in [0.05, 0.1) is 23.6 Å². The lowest BCUT2D eigenvalue weighted by molar-refractivity contribution is 0.0428. The first-order valence-electron chi connectivity index (χ1n) is 13.7. The van der Waals surface area contributed by atoms with Gasteiger partial charge in [-0.3, -0.25) is 4.79 Å². The Balaban J connectivity index is 1.59. The molecule has 6 rings (SSSR count). The molecule has 4 nitrogen and oxygen atoms in total. The molecular weight excluding hydrogens is 506 g/mol. The fraction of sp³-hybridized carbons (Fsp3) is 0.0811. The fourth-order valence-electron chi connectivity index (χ4n) is 5.57. The summed E-state index contributed by atoms with van der Waals surface area (Å²) in [7, 11) is 0. The van der Waals surface area contributed by atoms with E-state index in [2.05, 4.69) is 0 Å². The van der Waals surface area contributed by atoms with Gasteiger partial charge < -0.3 is 9.64 Å². The molecule has 41 heavy (non-hydrogen) atoms. The van der Waals surface area contributed by atoms with Crippen LogP contribution in [-0.4, -0.2) is 16.8 Å². The van der Waals surface area contributed by atoms with Crippen LogP contribution in [0.2, 0.25) is 0 Å². The summed E-state index contributed by atoms with van der Waals surface area (Å²) in [6.07, 6.45) is 1.94. The van der Waals surface area contributed by atoms with Crippen LogP contribution in [0, 0.1) is 0 Å². The number of hydrogen-bond donors (Lipinski definition) is 0. The molecule has 0 aliphatic carbocycles. The molecule has 4 heteroatoms. The van der Waals surface area contributed by atoms with Crippen LogP contribution in [0.3, 0.4) is 0 Å². The van der Waals surface area contributed by atoms with E-state index < -0.39 is 24.0 Å². The van der Waals surface area contributed by atoms with Crippen LogP contribution >= 0.6 is 0 Å². The van der Waals surface area contributed by atoms with E-state index in [0.717, 1.165) is 16.7 Å². The topological polar surface area (TPSA) is 46.6 Å². The zero-order valence-electron chi connectivity index (χ0n) is 22.4. The van der Waals surface area contributed by atoms with Crippen molar-refractivity contribution < 1.29 is 14.3 Å². The zero-order chi connectivity index (χ0) is 28.0. The first-order valence-corrected chi connectivity index (χ1v) is 13.7. The minimum absolute atomic E-state index is 0.0982. The standard InChI is InChI=1S/C37H29NO3/c39-36(30-22-12-4-13-23-30)38-32(27-16-6-1-7-17-27)26-33(41-37(40)31-24-14-5-15-25-31)34(28-18-8-2-9-19-28)35(38)29-20-10-3-11-21-29/h1-26,32,34-35H/t32-,34-,35-/m1/s1. The monoisotopic (exact) mass is 535 g/mol. The Morgan fingerprint density at radius 1 is 0.512 bits per heavy atom. The number of rotatable bonds is 6. The second kappa shape index (κ2) is 11.9. The largest absolute Gasteiger partial charge is 0.427 e. The second-order valence-corrected chi connectivity index (χ2v) is 10.0. The van der Waals surface area contributed by atoms with E-state index in [4.69, 9.17) is 4.74 Å². The molecule has 1 aliphatic rings. The summed E-state index contributed by atoms with van der Waals surface area (Å²) in [5.74, 6) is -0.443. The number of carbonyl (C=O) groups excluding carboxylic acids is 2. The lowest BCUT2D eigenvalue weighted by Crippen LogP contribution is -2.44. The van der Waals surface area contributed by atoms with Crippen molar-refractivity contribution in [2.45, 2.75) is 18.0 Å². The van der Waals surface area contributed by atoms with Gasteiger partial charge >= 0.3 is 5.97 Å². The predicted octanol–water partition coefficient (Wildman–Crippen LogP) is 8.15. The van der Waals surface area contributed by atoms with Crippen LogP contribution in [0.1, 0.15) is 55.4 Å². The molecule has 0 spiro atoms. The van der Waals surface area contributed by atoms with Crippen molar-refractivity contribution in [1.82, 2.24) is 4.90 Å². The van der Waals surface area contributed by atoms with Crippen LogP contribution in [0.4, 0.5) is 0 Å². The van der Waals surface area contributed by atoms with Gasteiger partial charge in [0.25, 0.3) is 5.91 Å². The molecule has 0 aromatic heterocycles. The molecule has 200 valence electrons. The van der Waals surface area contributed by atoms with Crippen LogP contribution in [0.15, 0.2) is 163 Å². The van der Waals surface area contributed by atoms with E-state index >= 15 is 0 Å². The third kappa shape index (κ3) is 5.45. The molecule has 1 heterocycles. The number of nitrogens with zero attached hydrogens (tertiary/aromatic N) is 1. The van der Waals surface area contributed by atoms with Gasteiger partial charge in [0.2, 0.25) is 0 Å². The maximum atomic E-state index is 14.5.